The summed E-state index contributed by atoms with van der Waals surface area (Å²) < 4.78 is 62.7. The molecule has 1 fully saturated rings. The van der Waals surface area contributed by atoms with E-state index in [9.17, 15) is 16.8 Å². The Morgan fingerprint density at radius 1 is 1.04 bits per heavy atom. The van der Waals surface area contributed by atoms with Crippen LogP contribution in [0.1, 0.15) is 6.42 Å². The molecule has 27 heavy (non-hydrogen) atoms. The summed E-state index contributed by atoms with van der Waals surface area (Å²) in [6.07, 6.45) is 0.239. The van der Waals surface area contributed by atoms with E-state index < -0.39 is 25.9 Å². The van der Waals surface area contributed by atoms with E-state index in [2.05, 4.69) is 0 Å². The van der Waals surface area contributed by atoms with Gasteiger partial charge < -0.3 is 9.47 Å². The molecule has 1 saturated heterocycles. The van der Waals surface area contributed by atoms with Crippen molar-refractivity contribution in [3.8, 4) is 11.5 Å². The van der Waals surface area contributed by atoms with Crippen LogP contribution in [-0.2, 0) is 19.9 Å². The fourth-order valence-electron chi connectivity index (χ4n) is 3.17. The highest BCUT2D eigenvalue weighted by molar-refractivity contribution is 7.93. The Balaban J connectivity index is 2.17. The normalized spacial score (nSPS) is 18.8. The predicted octanol–water partition coefficient (Wildman–Crippen LogP) is 2.09. The molecule has 9 heteroatoms. The van der Waals surface area contributed by atoms with E-state index in [0.29, 0.717) is 11.4 Å². The maximum absolute atomic E-state index is 13.6. The first kappa shape index (κ1) is 19.5. The van der Waals surface area contributed by atoms with Crippen molar-refractivity contribution < 1.29 is 26.3 Å². The zero-order valence-electron chi connectivity index (χ0n) is 15.0. The molecule has 0 spiro atoms. The summed E-state index contributed by atoms with van der Waals surface area (Å²) in [5.41, 5.74) is 0.407. The molecule has 7 nitrogen and oxygen atoms in total. The standard InChI is InChI=1S/C18H21NO6S2/c1-24-16-8-9-17(25-2)18(12-16)27(22,23)19(14-6-4-3-5-7-14)15-10-11-26(20,21)13-15/h3-9,12,15H,10-11,13H2,1-2H3/t15-/m0/s1. The smallest absolute Gasteiger partial charge is 0.268 e. The third-order valence-corrected chi connectivity index (χ3v) is 8.11. The Bertz CT molecular complexity index is 1020. The van der Waals surface area contributed by atoms with Crippen molar-refractivity contribution in [3.05, 3.63) is 48.5 Å². The summed E-state index contributed by atoms with van der Waals surface area (Å²) in [5.74, 6) is 0.276. The second-order valence-corrected chi connectivity index (χ2v) is 10.2. The maximum Gasteiger partial charge on any atom is 0.268 e. The number of nitrogens with zero attached hydrogens (tertiary/aromatic N) is 1. The summed E-state index contributed by atoms with van der Waals surface area (Å²) in [4.78, 5) is -0.0718. The molecule has 2 aromatic carbocycles. The number of anilines is 1. The van der Waals surface area contributed by atoms with Gasteiger partial charge in [-0.15, -0.1) is 0 Å². The van der Waals surface area contributed by atoms with Gasteiger partial charge in [0.05, 0.1) is 37.5 Å². The third kappa shape index (κ3) is 3.89. The molecule has 0 radical (unpaired) electrons. The van der Waals surface area contributed by atoms with Gasteiger partial charge in [-0.05, 0) is 30.7 Å². The number of ether oxygens (including phenoxy) is 2. The number of sulfonamides is 1. The summed E-state index contributed by atoms with van der Waals surface area (Å²) in [5, 5.41) is 0. The second kappa shape index (κ2) is 7.40. The van der Waals surface area contributed by atoms with Crippen LogP contribution in [0.15, 0.2) is 53.4 Å². The number of rotatable bonds is 6. The lowest BCUT2D eigenvalue weighted by atomic mass is 10.2. The van der Waals surface area contributed by atoms with Gasteiger partial charge in [-0.1, -0.05) is 18.2 Å². The van der Waals surface area contributed by atoms with Crippen LogP contribution in [0.25, 0.3) is 0 Å². The number of hydrogen-bond donors (Lipinski definition) is 0. The maximum atomic E-state index is 13.6. The highest BCUT2D eigenvalue weighted by Crippen LogP contribution is 2.36. The lowest BCUT2D eigenvalue weighted by Crippen LogP contribution is -2.41. The van der Waals surface area contributed by atoms with Gasteiger partial charge in [-0.3, -0.25) is 4.31 Å². The summed E-state index contributed by atoms with van der Waals surface area (Å²) in [6.45, 7) is 0. The lowest BCUT2D eigenvalue weighted by Gasteiger charge is -2.30. The molecule has 2 aromatic rings. The Morgan fingerprint density at radius 3 is 2.30 bits per heavy atom. The van der Waals surface area contributed by atoms with Crippen molar-refractivity contribution in [3.63, 3.8) is 0 Å². The van der Waals surface area contributed by atoms with Gasteiger partial charge in [0, 0.05) is 6.07 Å². The van der Waals surface area contributed by atoms with Gasteiger partial charge in [-0.2, -0.15) is 0 Å². The highest BCUT2D eigenvalue weighted by Gasteiger charge is 2.40. The Morgan fingerprint density at radius 2 is 1.74 bits per heavy atom. The van der Waals surface area contributed by atoms with Crippen LogP contribution in [0.2, 0.25) is 0 Å². The minimum absolute atomic E-state index is 0.0359. The van der Waals surface area contributed by atoms with Crippen LogP contribution < -0.4 is 13.8 Å². The number of benzene rings is 2. The SMILES string of the molecule is COc1ccc(OC)c(S(=O)(=O)N(c2ccccc2)[C@H]2CCS(=O)(=O)C2)c1. The summed E-state index contributed by atoms with van der Waals surface area (Å²) >= 11 is 0. The van der Waals surface area contributed by atoms with Gasteiger partial charge in [0.1, 0.15) is 16.4 Å². The van der Waals surface area contributed by atoms with E-state index in [1.54, 1.807) is 36.4 Å². The average Bonchev–Trinajstić information content (AvgIpc) is 3.01. The molecule has 146 valence electrons. The number of sulfone groups is 1. The van der Waals surface area contributed by atoms with Crippen molar-refractivity contribution in [2.75, 3.05) is 30.0 Å². The van der Waals surface area contributed by atoms with E-state index in [-0.39, 0.29) is 28.6 Å². The molecule has 0 N–H and O–H groups in total. The van der Waals surface area contributed by atoms with Crippen molar-refractivity contribution >= 4 is 25.5 Å². The van der Waals surface area contributed by atoms with Crippen LogP contribution >= 0.6 is 0 Å². The second-order valence-electron chi connectivity index (χ2n) is 6.21. The molecule has 3 rings (SSSR count). The van der Waals surface area contributed by atoms with E-state index in [1.807, 2.05) is 0 Å². The Hall–Kier alpha value is -2.26. The van der Waals surface area contributed by atoms with Crippen molar-refractivity contribution in [1.82, 2.24) is 0 Å². The monoisotopic (exact) mass is 411 g/mol. The van der Waals surface area contributed by atoms with Crippen molar-refractivity contribution in [1.29, 1.82) is 0 Å². The molecular weight excluding hydrogens is 390 g/mol. The number of methoxy groups -OCH3 is 2. The van der Waals surface area contributed by atoms with Crippen LogP contribution in [0, 0.1) is 0 Å². The summed E-state index contributed by atoms with van der Waals surface area (Å²) in [7, 11) is -4.56. The molecule has 0 aliphatic carbocycles. The van der Waals surface area contributed by atoms with Crippen LogP contribution in [0.3, 0.4) is 0 Å². The molecule has 0 amide bonds. The first-order valence-electron chi connectivity index (χ1n) is 8.30. The van der Waals surface area contributed by atoms with E-state index in [1.165, 1.54) is 30.7 Å². The van der Waals surface area contributed by atoms with Gasteiger partial charge in [0.15, 0.2) is 9.84 Å². The number of para-hydroxylation sites is 1. The Kier molecular flexibility index (Phi) is 5.34. The fourth-order valence-corrected chi connectivity index (χ4v) is 6.82. The molecule has 0 saturated carbocycles. The minimum Gasteiger partial charge on any atom is -0.497 e. The molecule has 0 bridgehead atoms. The van der Waals surface area contributed by atoms with Crippen LogP contribution in [-0.4, -0.2) is 48.6 Å². The van der Waals surface area contributed by atoms with Gasteiger partial charge in [-0.25, -0.2) is 16.8 Å². The van der Waals surface area contributed by atoms with Gasteiger partial charge >= 0.3 is 0 Å². The topological polar surface area (TPSA) is 90.0 Å². The van der Waals surface area contributed by atoms with Gasteiger partial charge in [0.25, 0.3) is 10.0 Å². The van der Waals surface area contributed by atoms with Crippen LogP contribution in [0.5, 0.6) is 11.5 Å². The van der Waals surface area contributed by atoms with E-state index >= 15 is 0 Å². The zero-order chi connectivity index (χ0) is 19.7. The Labute approximate surface area is 159 Å². The fraction of sp³-hybridized carbons (Fsp3) is 0.333. The zero-order valence-corrected chi connectivity index (χ0v) is 16.7. The minimum atomic E-state index is -4.10. The molecular formula is C18H21NO6S2. The average molecular weight is 412 g/mol. The van der Waals surface area contributed by atoms with E-state index in [0.717, 1.165) is 0 Å². The lowest BCUT2D eigenvalue weighted by molar-refractivity contribution is 0.392. The molecule has 1 aliphatic rings. The molecule has 0 aromatic heterocycles. The largest absolute Gasteiger partial charge is 0.497 e. The van der Waals surface area contributed by atoms with Crippen molar-refractivity contribution in [2.24, 2.45) is 0 Å². The molecule has 1 aliphatic heterocycles. The summed E-state index contributed by atoms with van der Waals surface area (Å²) in [6, 6.07) is 12.3. The molecule has 0 unspecified atom stereocenters. The molecule has 1 heterocycles. The quantitative estimate of drug-likeness (QED) is 0.723. The van der Waals surface area contributed by atoms with E-state index in [4.69, 9.17) is 9.47 Å². The first-order valence-corrected chi connectivity index (χ1v) is 11.6. The predicted molar refractivity (Wildman–Crippen MR) is 103 cm³/mol. The van der Waals surface area contributed by atoms with Crippen LogP contribution in [0.4, 0.5) is 5.69 Å². The first-order chi connectivity index (χ1) is 12.8. The van der Waals surface area contributed by atoms with Crippen molar-refractivity contribution in [2.45, 2.75) is 17.4 Å². The molecule has 1 atom stereocenters. The number of hydrogen-bond acceptors (Lipinski definition) is 6. The third-order valence-electron chi connectivity index (χ3n) is 4.46. The van der Waals surface area contributed by atoms with Gasteiger partial charge in [0.2, 0.25) is 0 Å². The highest BCUT2D eigenvalue weighted by atomic mass is 32.2.